The summed E-state index contributed by atoms with van der Waals surface area (Å²) in [4.78, 5) is 6.91. The van der Waals surface area contributed by atoms with Gasteiger partial charge in [0.2, 0.25) is 0 Å². The number of anilines is 1. The van der Waals surface area contributed by atoms with Crippen LogP contribution in [-0.4, -0.2) is 29.7 Å². The molecule has 3 nitrogen and oxygen atoms in total. The van der Waals surface area contributed by atoms with E-state index in [2.05, 4.69) is 54.2 Å². The van der Waals surface area contributed by atoms with E-state index < -0.39 is 0 Å². The van der Waals surface area contributed by atoms with E-state index in [-0.39, 0.29) is 5.54 Å². The Morgan fingerprint density at radius 3 is 3.11 bits per heavy atom. The number of nitrogens with one attached hydrogen (secondary N) is 1. The lowest BCUT2D eigenvalue weighted by Gasteiger charge is -2.45. The van der Waals surface area contributed by atoms with Crippen LogP contribution in [0.4, 0.5) is 5.69 Å². The molecule has 4 heteroatoms. The summed E-state index contributed by atoms with van der Waals surface area (Å²) in [5.74, 6) is 0. The van der Waals surface area contributed by atoms with Crippen LogP contribution in [0.2, 0.25) is 0 Å². The second-order valence-electron chi connectivity index (χ2n) is 5.96. The maximum absolute atomic E-state index is 4.36. The molecule has 0 aliphatic carbocycles. The van der Waals surface area contributed by atoms with Crippen LogP contribution >= 0.6 is 11.3 Å². The molecule has 1 aromatic heterocycles. The molecular weight excluding hydrogens is 254 g/mol. The predicted octanol–water partition coefficient (Wildman–Crippen LogP) is 3.26. The van der Waals surface area contributed by atoms with Crippen molar-refractivity contribution in [3.63, 3.8) is 0 Å². The topological polar surface area (TPSA) is 28.2 Å². The molecule has 0 spiro atoms. The smallest absolute Gasteiger partial charge is 0.0813 e. The Bertz CT molecular complexity index is 576. The van der Waals surface area contributed by atoms with Crippen molar-refractivity contribution in [2.75, 3.05) is 18.0 Å². The van der Waals surface area contributed by atoms with Crippen LogP contribution in [-0.2, 0) is 0 Å². The zero-order chi connectivity index (χ0) is 13.5. The van der Waals surface area contributed by atoms with E-state index in [1.165, 1.54) is 16.8 Å². The molecule has 1 saturated heterocycles. The Kier molecular flexibility index (Phi) is 3.23. The maximum atomic E-state index is 4.36. The summed E-state index contributed by atoms with van der Waals surface area (Å²) < 4.78 is 1.28. The maximum Gasteiger partial charge on any atom is 0.0813 e. The first-order valence-electron chi connectivity index (χ1n) is 6.94. The lowest BCUT2D eigenvalue weighted by Crippen LogP contribution is -2.61. The van der Waals surface area contributed by atoms with Crippen molar-refractivity contribution >= 4 is 27.2 Å². The zero-order valence-electron chi connectivity index (χ0n) is 11.8. The van der Waals surface area contributed by atoms with Crippen molar-refractivity contribution in [2.45, 2.75) is 38.8 Å². The summed E-state index contributed by atoms with van der Waals surface area (Å²) in [5, 5.41) is 3.64. The van der Waals surface area contributed by atoms with Crippen molar-refractivity contribution in [1.29, 1.82) is 0 Å². The average Bonchev–Trinajstić information content (AvgIpc) is 2.85. The molecule has 0 bridgehead atoms. The minimum absolute atomic E-state index is 0.175. The summed E-state index contributed by atoms with van der Waals surface area (Å²) in [6.07, 6.45) is 1.17. The van der Waals surface area contributed by atoms with E-state index in [9.17, 15) is 0 Å². The van der Waals surface area contributed by atoms with Crippen molar-refractivity contribution in [2.24, 2.45) is 0 Å². The fourth-order valence-corrected chi connectivity index (χ4v) is 3.51. The van der Waals surface area contributed by atoms with E-state index in [1.54, 1.807) is 11.3 Å². The Hall–Kier alpha value is -1.13. The molecule has 0 amide bonds. The molecule has 2 aromatic rings. The van der Waals surface area contributed by atoms with Gasteiger partial charge in [-0.2, -0.15) is 0 Å². The third-order valence-electron chi connectivity index (χ3n) is 3.94. The molecule has 0 radical (unpaired) electrons. The monoisotopic (exact) mass is 275 g/mol. The van der Waals surface area contributed by atoms with E-state index in [0.717, 1.165) is 18.6 Å². The van der Waals surface area contributed by atoms with Gasteiger partial charge in [0.05, 0.1) is 15.7 Å². The standard InChI is InChI=1S/C15H21N3S/c1-4-11-8-17-15(2,3)9-18(11)12-5-6-13-14(7-12)19-10-16-13/h5-7,10-11,17H,4,8-9H2,1-3H3. The van der Waals surface area contributed by atoms with Crippen LogP contribution in [0.1, 0.15) is 27.2 Å². The van der Waals surface area contributed by atoms with Gasteiger partial charge in [0.1, 0.15) is 0 Å². The number of piperazine rings is 1. The molecule has 1 N–H and O–H groups in total. The number of aromatic nitrogens is 1. The summed E-state index contributed by atoms with van der Waals surface area (Å²) in [7, 11) is 0. The molecule has 1 fully saturated rings. The van der Waals surface area contributed by atoms with E-state index >= 15 is 0 Å². The quantitative estimate of drug-likeness (QED) is 0.912. The second-order valence-corrected chi connectivity index (χ2v) is 6.85. The molecule has 0 saturated carbocycles. The van der Waals surface area contributed by atoms with Gasteiger partial charge >= 0.3 is 0 Å². The number of fused-ring (bicyclic) bond motifs is 1. The molecule has 1 aliphatic heterocycles. The Morgan fingerprint density at radius 2 is 2.32 bits per heavy atom. The van der Waals surface area contributed by atoms with Gasteiger partial charge in [0.15, 0.2) is 0 Å². The third-order valence-corrected chi connectivity index (χ3v) is 4.73. The van der Waals surface area contributed by atoms with E-state index in [4.69, 9.17) is 0 Å². The first-order chi connectivity index (χ1) is 9.09. The fraction of sp³-hybridized carbons (Fsp3) is 0.533. The second kappa shape index (κ2) is 4.76. The molecule has 2 heterocycles. The number of rotatable bonds is 2. The average molecular weight is 275 g/mol. The fourth-order valence-electron chi connectivity index (χ4n) is 2.80. The number of hydrogen-bond donors (Lipinski definition) is 1. The molecule has 19 heavy (non-hydrogen) atoms. The van der Waals surface area contributed by atoms with Gasteiger partial charge in [0.25, 0.3) is 0 Å². The third kappa shape index (κ3) is 2.47. The lowest BCUT2D eigenvalue weighted by atomic mass is 9.97. The highest BCUT2D eigenvalue weighted by Crippen LogP contribution is 2.29. The van der Waals surface area contributed by atoms with Gasteiger partial charge in [-0.3, -0.25) is 0 Å². The summed E-state index contributed by atoms with van der Waals surface area (Å²) in [6.45, 7) is 8.93. The highest BCUT2D eigenvalue weighted by Gasteiger charge is 2.31. The Balaban J connectivity index is 1.96. The minimum atomic E-state index is 0.175. The number of nitrogens with zero attached hydrogens (tertiary/aromatic N) is 2. The molecule has 1 atom stereocenters. The van der Waals surface area contributed by atoms with Gasteiger partial charge < -0.3 is 10.2 Å². The van der Waals surface area contributed by atoms with Gasteiger partial charge in [-0.25, -0.2) is 4.98 Å². The first kappa shape index (κ1) is 12.9. The Morgan fingerprint density at radius 1 is 1.47 bits per heavy atom. The Labute approximate surface area is 118 Å². The van der Waals surface area contributed by atoms with E-state index in [0.29, 0.717) is 6.04 Å². The molecule has 1 aliphatic rings. The zero-order valence-corrected chi connectivity index (χ0v) is 12.6. The number of hydrogen-bond acceptors (Lipinski definition) is 4. The highest BCUT2D eigenvalue weighted by atomic mass is 32.1. The van der Waals surface area contributed by atoms with Crippen LogP contribution in [0.5, 0.6) is 0 Å². The number of thiazole rings is 1. The largest absolute Gasteiger partial charge is 0.365 e. The SMILES string of the molecule is CCC1CNC(C)(C)CN1c1ccc2ncsc2c1. The van der Waals surface area contributed by atoms with Gasteiger partial charge in [-0.05, 0) is 38.5 Å². The van der Waals surface area contributed by atoms with Crippen LogP contribution in [0, 0.1) is 0 Å². The van der Waals surface area contributed by atoms with Crippen LogP contribution < -0.4 is 10.2 Å². The first-order valence-corrected chi connectivity index (χ1v) is 7.82. The summed E-state index contributed by atoms with van der Waals surface area (Å²) in [6, 6.07) is 7.23. The summed E-state index contributed by atoms with van der Waals surface area (Å²) in [5.41, 5.74) is 4.54. The van der Waals surface area contributed by atoms with Gasteiger partial charge in [0, 0.05) is 30.4 Å². The predicted molar refractivity (Wildman–Crippen MR) is 83.1 cm³/mol. The van der Waals surface area contributed by atoms with Crippen molar-refractivity contribution < 1.29 is 0 Å². The molecule has 3 rings (SSSR count). The number of benzene rings is 1. The molecule has 102 valence electrons. The van der Waals surface area contributed by atoms with Gasteiger partial charge in [-0.1, -0.05) is 6.92 Å². The van der Waals surface area contributed by atoms with E-state index in [1.807, 2.05) is 5.51 Å². The lowest BCUT2D eigenvalue weighted by molar-refractivity contribution is 0.306. The van der Waals surface area contributed by atoms with Gasteiger partial charge in [-0.15, -0.1) is 11.3 Å². The van der Waals surface area contributed by atoms with Crippen LogP contribution in [0.3, 0.4) is 0 Å². The van der Waals surface area contributed by atoms with Crippen molar-refractivity contribution in [3.05, 3.63) is 23.7 Å². The highest BCUT2D eigenvalue weighted by molar-refractivity contribution is 7.16. The molecule has 1 aromatic carbocycles. The molecule has 1 unspecified atom stereocenters. The normalized spacial score (nSPS) is 22.9. The molecular formula is C15H21N3S. The van der Waals surface area contributed by atoms with Crippen LogP contribution in [0.25, 0.3) is 10.2 Å². The minimum Gasteiger partial charge on any atom is -0.365 e. The van der Waals surface area contributed by atoms with Crippen molar-refractivity contribution in [1.82, 2.24) is 10.3 Å². The summed E-state index contributed by atoms with van der Waals surface area (Å²) >= 11 is 1.72. The van der Waals surface area contributed by atoms with Crippen molar-refractivity contribution in [3.8, 4) is 0 Å². The van der Waals surface area contributed by atoms with Crippen LogP contribution in [0.15, 0.2) is 23.7 Å².